The van der Waals surface area contributed by atoms with E-state index in [1.807, 2.05) is 6.21 Å². The van der Waals surface area contributed by atoms with Crippen molar-refractivity contribution in [1.29, 1.82) is 0 Å². The van der Waals surface area contributed by atoms with Crippen LogP contribution in [0.1, 0.15) is 104 Å². The zero-order chi connectivity index (χ0) is 17.9. The topological polar surface area (TPSA) is 24.8 Å². The van der Waals surface area contributed by atoms with Gasteiger partial charge in [-0.2, -0.15) is 0 Å². The molecule has 3 nitrogen and oxygen atoms in total. The van der Waals surface area contributed by atoms with E-state index in [9.17, 15) is 0 Å². The maximum atomic E-state index is 5.82. The minimum absolute atomic E-state index is 0.332. The van der Waals surface area contributed by atoms with Gasteiger partial charge in [-0.25, -0.2) is 0 Å². The lowest BCUT2D eigenvalue weighted by Crippen LogP contribution is -2.13. The molecule has 0 rings (SSSR count). The highest BCUT2D eigenvalue weighted by Gasteiger charge is 2.09. The first-order valence-corrected chi connectivity index (χ1v) is 10.5. The highest BCUT2D eigenvalue weighted by molar-refractivity contribution is 5.56. The molecule has 0 fully saturated rings. The Morgan fingerprint density at radius 1 is 0.792 bits per heavy atom. The zero-order valence-electron chi connectivity index (χ0n) is 17.1. The quantitative estimate of drug-likeness (QED) is 0.163. The van der Waals surface area contributed by atoms with Gasteiger partial charge in [-0.15, -0.1) is 0 Å². The van der Waals surface area contributed by atoms with Crippen LogP contribution in [0.5, 0.6) is 0 Å². The Hall–Kier alpha value is -0.570. The van der Waals surface area contributed by atoms with Crippen molar-refractivity contribution >= 4 is 6.21 Å². The van der Waals surface area contributed by atoms with Crippen molar-refractivity contribution in [3.05, 3.63) is 0 Å². The van der Waals surface area contributed by atoms with Crippen molar-refractivity contribution in [3.8, 4) is 0 Å². The maximum Gasteiger partial charge on any atom is 0.127 e. The number of hydrogen-bond donors (Lipinski definition) is 0. The van der Waals surface area contributed by atoms with Gasteiger partial charge in [0.05, 0.1) is 0 Å². The van der Waals surface area contributed by atoms with Gasteiger partial charge in [0.2, 0.25) is 0 Å². The summed E-state index contributed by atoms with van der Waals surface area (Å²) in [6.07, 6.45) is 20.2. The summed E-state index contributed by atoms with van der Waals surface area (Å²) < 4.78 is 0. The van der Waals surface area contributed by atoms with Crippen LogP contribution in [0.25, 0.3) is 0 Å². The van der Waals surface area contributed by atoms with Crippen LogP contribution in [-0.4, -0.2) is 37.9 Å². The first-order chi connectivity index (χ1) is 11.7. The molecule has 0 aliphatic heterocycles. The second-order valence-electron chi connectivity index (χ2n) is 7.37. The van der Waals surface area contributed by atoms with Crippen molar-refractivity contribution in [3.63, 3.8) is 0 Å². The number of oxime groups is 1. The maximum absolute atomic E-state index is 5.82. The van der Waals surface area contributed by atoms with Gasteiger partial charge in [-0.3, -0.25) is 0 Å². The number of unbranched alkanes of at least 4 members (excludes halogenated alkanes) is 9. The lowest BCUT2D eigenvalue weighted by molar-refractivity contribution is 0.0437. The molecule has 0 aliphatic rings. The molecule has 0 aromatic heterocycles. The van der Waals surface area contributed by atoms with E-state index in [-0.39, 0.29) is 0 Å². The average Bonchev–Trinajstić information content (AvgIpc) is 2.56. The van der Waals surface area contributed by atoms with Crippen molar-refractivity contribution in [2.24, 2.45) is 5.16 Å². The Labute approximate surface area is 152 Å². The van der Waals surface area contributed by atoms with Crippen molar-refractivity contribution in [2.75, 3.05) is 20.6 Å². The second kappa shape index (κ2) is 18.8. The number of rotatable bonds is 18. The monoisotopic (exact) mass is 340 g/mol. The predicted molar refractivity (Wildman–Crippen MR) is 108 cm³/mol. The van der Waals surface area contributed by atoms with E-state index in [0.717, 1.165) is 19.4 Å². The van der Waals surface area contributed by atoms with Crippen molar-refractivity contribution in [2.45, 2.75) is 110 Å². The molecular formula is C21H44N2O. The summed E-state index contributed by atoms with van der Waals surface area (Å²) in [5.74, 6) is 0. The molecule has 0 unspecified atom stereocenters. The Balaban J connectivity index is 3.90. The first-order valence-electron chi connectivity index (χ1n) is 10.5. The molecule has 0 heterocycles. The Morgan fingerprint density at radius 3 is 1.83 bits per heavy atom. The molecule has 3 heteroatoms. The molecule has 0 aliphatic carbocycles. The third-order valence-electron chi connectivity index (χ3n) is 4.48. The van der Waals surface area contributed by atoms with E-state index in [1.54, 1.807) is 0 Å². The summed E-state index contributed by atoms with van der Waals surface area (Å²) in [5, 5.41) is 4.26. The third-order valence-corrected chi connectivity index (χ3v) is 4.48. The Bertz CT molecular complexity index is 253. The lowest BCUT2D eigenvalue weighted by Gasteiger charge is -2.15. The van der Waals surface area contributed by atoms with E-state index in [1.165, 1.54) is 77.0 Å². The molecule has 0 amide bonds. The van der Waals surface area contributed by atoms with Crippen LogP contribution in [0.2, 0.25) is 0 Å². The van der Waals surface area contributed by atoms with Crippen LogP contribution < -0.4 is 0 Å². The van der Waals surface area contributed by atoms with Crippen molar-refractivity contribution < 1.29 is 4.84 Å². The van der Waals surface area contributed by atoms with Gasteiger partial charge < -0.3 is 9.74 Å². The second-order valence-corrected chi connectivity index (χ2v) is 7.37. The molecule has 0 bridgehead atoms. The summed E-state index contributed by atoms with van der Waals surface area (Å²) in [4.78, 5) is 8.03. The molecule has 0 spiro atoms. The van der Waals surface area contributed by atoms with E-state index in [4.69, 9.17) is 4.84 Å². The number of nitrogens with zero attached hydrogens (tertiary/aromatic N) is 2. The van der Waals surface area contributed by atoms with E-state index in [0.29, 0.717) is 6.10 Å². The first kappa shape index (κ1) is 23.4. The molecule has 0 N–H and O–H groups in total. The molecule has 0 atom stereocenters. The summed E-state index contributed by atoms with van der Waals surface area (Å²) in [5.41, 5.74) is 0. The molecule has 0 aromatic rings. The fourth-order valence-corrected chi connectivity index (χ4v) is 2.88. The van der Waals surface area contributed by atoms with Gasteiger partial charge in [0.1, 0.15) is 6.10 Å². The Morgan fingerprint density at radius 2 is 1.33 bits per heavy atom. The fraction of sp³-hybridized carbons (Fsp3) is 0.952. The van der Waals surface area contributed by atoms with Crippen LogP contribution in [0, 0.1) is 0 Å². The average molecular weight is 341 g/mol. The highest BCUT2D eigenvalue weighted by Crippen LogP contribution is 2.16. The summed E-state index contributed by atoms with van der Waals surface area (Å²) >= 11 is 0. The lowest BCUT2D eigenvalue weighted by atomic mass is 10.0. The van der Waals surface area contributed by atoms with Gasteiger partial charge in [0, 0.05) is 6.21 Å². The molecule has 144 valence electrons. The summed E-state index contributed by atoms with van der Waals surface area (Å²) in [6, 6.07) is 0. The third kappa shape index (κ3) is 17.8. The van der Waals surface area contributed by atoms with Gasteiger partial charge >= 0.3 is 0 Å². The van der Waals surface area contributed by atoms with E-state index in [2.05, 4.69) is 38.0 Å². The van der Waals surface area contributed by atoms with E-state index < -0.39 is 0 Å². The summed E-state index contributed by atoms with van der Waals surface area (Å²) in [6.45, 7) is 5.66. The number of hydrogen-bond acceptors (Lipinski definition) is 3. The van der Waals surface area contributed by atoms with Gasteiger partial charge in [0.25, 0.3) is 0 Å². The SMILES string of the molecule is CCCCCCCC(CCCCCCC)O/N=C\CCCN(C)C. The van der Waals surface area contributed by atoms with Gasteiger partial charge in [-0.1, -0.05) is 70.4 Å². The van der Waals surface area contributed by atoms with Crippen LogP contribution in [-0.2, 0) is 4.84 Å². The van der Waals surface area contributed by atoms with Gasteiger partial charge in [-0.05, 0) is 59.2 Å². The molecule has 0 radical (unpaired) electrons. The summed E-state index contributed by atoms with van der Waals surface area (Å²) in [7, 11) is 4.22. The van der Waals surface area contributed by atoms with Gasteiger partial charge in [0.15, 0.2) is 0 Å². The Kier molecular flexibility index (Phi) is 18.3. The van der Waals surface area contributed by atoms with E-state index >= 15 is 0 Å². The predicted octanol–water partition coefficient (Wildman–Crippen LogP) is 6.42. The minimum atomic E-state index is 0.332. The fourth-order valence-electron chi connectivity index (χ4n) is 2.88. The van der Waals surface area contributed by atoms with Crippen LogP contribution in [0.3, 0.4) is 0 Å². The van der Waals surface area contributed by atoms with Crippen LogP contribution in [0.15, 0.2) is 5.16 Å². The van der Waals surface area contributed by atoms with Crippen LogP contribution >= 0.6 is 0 Å². The highest BCUT2D eigenvalue weighted by atomic mass is 16.6. The normalized spacial score (nSPS) is 11.9. The van der Waals surface area contributed by atoms with Crippen LogP contribution in [0.4, 0.5) is 0 Å². The largest absolute Gasteiger partial charge is 0.393 e. The molecule has 0 saturated heterocycles. The molecule has 0 saturated carbocycles. The minimum Gasteiger partial charge on any atom is -0.393 e. The molecular weight excluding hydrogens is 296 g/mol. The molecule has 0 aromatic carbocycles. The van der Waals surface area contributed by atoms with Crippen molar-refractivity contribution in [1.82, 2.24) is 4.90 Å². The molecule has 24 heavy (non-hydrogen) atoms. The zero-order valence-corrected chi connectivity index (χ0v) is 17.1. The smallest absolute Gasteiger partial charge is 0.127 e. The standard InChI is InChI=1S/C21H44N2O/c1-5-7-9-11-13-17-21(18-14-12-10-8-6-2)24-22-19-15-16-20-23(3)4/h19,21H,5-18,20H2,1-4H3/b22-19-.